The maximum Gasteiger partial charge on any atom is 0.285 e. The van der Waals surface area contributed by atoms with Gasteiger partial charge in [0.2, 0.25) is 0 Å². The van der Waals surface area contributed by atoms with Crippen LogP contribution in [-0.4, -0.2) is 16.2 Å². The minimum atomic E-state index is -0.359. The van der Waals surface area contributed by atoms with Crippen LogP contribution in [0.3, 0.4) is 0 Å². The summed E-state index contributed by atoms with van der Waals surface area (Å²) >= 11 is 5.80. The third kappa shape index (κ3) is 2.48. The highest BCUT2D eigenvalue weighted by Crippen LogP contribution is 2.17. The molecule has 0 saturated carbocycles. The van der Waals surface area contributed by atoms with E-state index in [1.807, 2.05) is 0 Å². The molecule has 0 fully saturated rings. The van der Waals surface area contributed by atoms with Crippen LogP contribution < -0.4 is 10.9 Å². The minimum absolute atomic E-state index is 0.173. The molecule has 4 nitrogen and oxygen atoms in total. The van der Waals surface area contributed by atoms with E-state index in [4.69, 9.17) is 11.6 Å². The first-order chi connectivity index (χ1) is 6.69. The Labute approximate surface area is 87.7 Å². The molecule has 0 amide bonds. The van der Waals surface area contributed by atoms with E-state index in [9.17, 15) is 4.79 Å². The van der Waals surface area contributed by atoms with Crippen LogP contribution in [-0.2, 0) is 0 Å². The van der Waals surface area contributed by atoms with E-state index in [2.05, 4.69) is 29.4 Å². The number of H-pyrrole nitrogens is 1. The molecule has 1 aromatic heterocycles. The number of hydrogen-bond acceptors (Lipinski definition) is 3. The Kier molecular flexibility index (Phi) is 3.95. The molecule has 0 bridgehead atoms. The van der Waals surface area contributed by atoms with E-state index in [0.717, 1.165) is 12.8 Å². The quantitative estimate of drug-likeness (QED) is 0.808. The predicted octanol–water partition coefficient (Wildman–Crippen LogP) is 2.02. The van der Waals surface area contributed by atoms with Crippen molar-refractivity contribution in [2.24, 2.45) is 0 Å². The molecule has 0 aliphatic carbocycles. The first kappa shape index (κ1) is 11.0. The summed E-state index contributed by atoms with van der Waals surface area (Å²) in [6, 6.07) is 0.330. The molecule has 0 aromatic carbocycles. The largest absolute Gasteiger partial charge is 0.380 e. The zero-order valence-electron chi connectivity index (χ0n) is 8.30. The fourth-order valence-corrected chi connectivity index (χ4v) is 1.34. The number of aromatic nitrogens is 2. The fraction of sp³-hybridized carbons (Fsp3) is 0.556. The third-order valence-corrected chi connectivity index (χ3v) is 2.52. The van der Waals surface area contributed by atoms with Crippen molar-refractivity contribution in [3.05, 3.63) is 21.6 Å². The van der Waals surface area contributed by atoms with Gasteiger partial charge in [0.1, 0.15) is 5.02 Å². The molecule has 5 heteroatoms. The zero-order valence-corrected chi connectivity index (χ0v) is 9.06. The van der Waals surface area contributed by atoms with Crippen molar-refractivity contribution in [3.8, 4) is 0 Å². The standard InChI is InChI=1S/C9H14ClN3O/c1-3-6(4-2)12-7-5-11-13-9(14)8(7)10/h5-6H,3-4H2,1-2H3,(H2,12,13,14). The van der Waals surface area contributed by atoms with Crippen LogP contribution in [0.1, 0.15) is 26.7 Å². The van der Waals surface area contributed by atoms with Gasteiger partial charge in [-0.25, -0.2) is 5.10 Å². The summed E-state index contributed by atoms with van der Waals surface area (Å²) in [6.45, 7) is 4.16. The Morgan fingerprint density at radius 1 is 1.57 bits per heavy atom. The van der Waals surface area contributed by atoms with Crippen LogP contribution in [0.5, 0.6) is 0 Å². The fourth-order valence-electron chi connectivity index (χ4n) is 1.20. The lowest BCUT2D eigenvalue weighted by Crippen LogP contribution is -2.20. The summed E-state index contributed by atoms with van der Waals surface area (Å²) in [4.78, 5) is 11.1. The van der Waals surface area contributed by atoms with E-state index in [-0.39, 0.29) is 10.6 Å². The molecule has 1 rings (SSSR count). The van der Waals surface area contributed by atoms with E-state index >= 15 is 0 Å². The Morgan fingerprint density at radius 2 is 2.21 bits per heavy atom. The first-order valence-electron chi connectivity index (χ1n) is 4.68. The number of hydrogen-bond donors (Lipinski definition) is 2. The number of rotatable bonds is 4. The highest BCUT2D eigenvalue weighted by molar-refractivity contribution is 6.32. The number of nitrogens with zero attached hydrogens (tertiary/aromatic N) is 1. The Morgan fingerprint density at radius 3 is 2.79 bits per heavy atom. The van der Waals surface area contributed by atoms with Gasteiger partial charge in [0.15, 0.2) is 0 Å². The van der Waals surface area contributed by atoms with E-state index in [0.29, 0.717) is 11.7 Å². The Hall–Kier alpha value is -1.03. The van der Waals surface area contributed by atoms with Crippen LogP contribution in [0.25, 0.3) is 0 Å². The number of aromatic amines is 1. The summed E-state index contributed by atoms with van der Waals surface area (Å²) in [5.74, 6) is 0. The molecule has 0 saturated heterocycles. The third-order valence-electron chi connectivity index (χ3n) is 2.14. The van der Waals surface area contributed by atoms with Crippen molar-refractivity contribution in [2.75, 3.05) is 5.32 Å². The predicted molar refractivity (Wildman–Crippen MR) is 57.9 cm³/mol. The second-order valence-electron chi connectivity index (χ2n) is 3.08. The Bertz CT molecular complexity index is 346. The summed E-state index contributed by atoms with van der Waals surface area (Å²) in [7, 11) is 0. The van der Waals surface area contributed by atoms with Gasteiger partial charge in [0.05, 0.1) is 11.9 Å². The smallest absolute Gasteiger partial charge is 0.285 e. The van der Waals surface area contributed by atoms with Crippen molar-refractivity contribution in [1.82, 2.24) is 10.2 Å². The van der Waals surface area contributed by atoms with E-state index in [1.165, 1.54) is 6.20 Å². The summed E-state index contributed by atoms with van der Waals surface area (Å²) in [5.41, 5.74) is 0.242. The average molecular weight is 216 g/mol. The van der Waals surface area contributed by atoms with Crippen molar-refractivity contribution >= 4 is 17.3 Å². The van der Waals surface area contributed by atoms with Crippen LogP contribution in [0.4, 0.5) is 5.69 Å². The topological polar surface area (TPSA) is 57.8 Å². The number of halogens is 1. The molecule has 14 heavy (non-hydrogen) atoms. The van der Waals surface area contributed by atoms with Gasteiger partial charge in [-0.3, -0.25) is 4.79 Å². The lowest BCUT2D eigenvalue weighted by atomic mass is 10.1. The first-order valence-corrected chi connectivity index (χ1v) is 5.06. The van der Waals surface area contributed by atoms with Gasteiger partial charge in [-0.05, 0) is 12.8 Å². The summed E-state index contributed by atoms with van der Waals surface area (Å²) < 4.78 is 0. The molecule has 78 valence electrons. The zero-order chi connectivity index (χ0) is 10.6. The van der Waals surface area contributed by atoms with Crippen molar-refractivity contribution in [3.63, 3.8) is 0 Å². The minimum Gasteiger partial charge on any atom is -0.380 e. The molecular formula is C9H14ClN3O. The van der Waals surface area contributed by atoms with Crippen LogP contribution in [0.15, 0.2) is 11.0 Å². The highest BCUT2D eigenvalue weighted by atomic mass is 35.5. The molecule has 1 aromatic rings. The van der Waals surface area contributed by atoms with E-state index in [1.54, 1.807) is 0 Å². The van der Waals surface area contributed by atoms with Gasteiger partial charge in [-0.2, -0.15) is 5.10 Å². The second-order valence-corrected chi connectivity index (χ2v) is 3.46. The van der Waals surface area contributed by atoms with Gasteiger partial charge in [-0.1, -0.05) is 25.4 Å². The normalized spacial score (nSPS) is 10.6. The molecule has 2 N–H and O–H groups in total. The summed E-state index contributed by atoms with van der Waals surface area (Å²) in [6.07, 6.45) is 3.50. The van der Waals surface area contributed by atoms with Crippen LogP contribution >= 0.6 is 11.6 Å². The molecule has 0 spiro atoms. The summed E-state index contributed by atoms with van der Waals surface area (Å²) in [5, 5.41) is 9.30. The maximum atomic E-state index is 11.1. The van der Waals surface area contributed by atoms with Crippen LogP contribution in [0, 0.1) is 0 Å². The van der Waals surface area contributed by atoms with Gasteiger partial charge >= 0.3 is 0 Å². The highest BCUT2D eigenvalue weighted by Gasteiger charge is 2.08. The second kappa shape index (κ2) is 5.00. The monoisotopic (exact) mass is 215 g/mol. The number of nitrogens with one attached hydrogen (secondary N) is 2. The van der Waals surface area contributed by atoms with Gasteiger partial charge in [0, 0.05) is 6.04 Å². The van der Waals surface area contributed by atoms with E-state index < -0.39 is 0 Å². The SMILES string of the molecule is CCC(CC)Nc1cn[nH]c(=O)c1Cl. The molecular weight excluding hydrogens is 202 g/mol. The molecule has 0 aliphatic rings. The van der Waals surface area contributed by atoms with Gasteiger partial charge in [0.25, 0.3) is 5.56 Å². The lowest BCUT2D eigenvalue weighted by Gasteiger charge is -2.15. The van der Waals surface area contributed by atoms with Crippen molar-refractivity contribution in [1.29, 1.82) is 0 Å². The van der Waals surface area contributed by atoms with Crippen molar-refractivity contribution < 1.29 is 0 Å². The molecule has 0 unspecified atom stereocenters. The Balaban J connectivity index is 2.86. The van der Waals surface area contributed by atoms with Gasteiger partial charge < -0.3 is 5.32 Å². The van der Waals surface area contributed by atoms with Gasteiger partial charge in [-0.15, -0.1) is 0 Å². The molecule has 0 atom stereocenters. The number of anilines is 1. The lowest BCUT2D eigenvalue weighted by molar-refractivity contribution is 0.670. The van der Waals surface area contributed by atoms with Crippen molar-refractivity contribution in [2.45, 2.75) is 32.7 Å². The average Bonchev–Trinajstić information content (AvgIpc) is 2.20. The molecule has 0 radical (unpaired) electrons. The molecule has 1 heterocycles. The van der Waals surface area contributed by atoms with Crippen LogP contribution in [0.2, 0.25) is 5.02 Å². The maximum absolute atomic E-state index is 11.1. The molecule has 0 aliphatic heterocycles.